The van der Waals surface area contributed by atoms with Gasteiger partial charge in [-0.3, -0.25) is 9.78 Å². The molecule has 1 aromatic carbocycles. The van der Waals surface area contributed by atoms with Gasteiger partial charge in [-0.2, -0.15) is 0 Å². The lowest BCUT2D eigenvalue weighted by Gasteiger charge is -2.26. The van der Waals surface area contributed by atoms with Crippen LogP contribution in [0, 0.1) is 0 Å². The second kappa shape index (κ2) is 5.01. The molecule has 0 atom stereocenters. The molecule has 1 aliphatic rings. The van der Waals surface area contributed by atoms with Crippen LogP contribution < -0.4 is 5.46 Å². The number of carbonyl (C=O) groups excluding carboxylic acids is 1. The van der Waals surface area contributed by atoms with Gasteiger partial charge in [-0.05, 0) is 12.1 Å². The Hall–Kier alpha value is -1.88. The number of morpholine rings is 1. The molecular weight excluding hydrogens is 239 g/mol. The van der Waals surface area contributed by atoms with Gasteiger partial charge in [0.1, 0.15) is 7.85 Å². The predicted octanol–water partition coefficient (Wildman–Crippen LogP) is 0.501. The number of pyridine rings is 1. The summed E-state index contributed by atoms with van der Waals surface area (Å²) in [6, 6.07) is 7.33. The van der Waals surface area contributed by atoms with Crippen LogP contribution in [0.1, 0.15) is 10.4 Å². The molecule has 5 heteroatoms. The van der Waals surface area contributed by atoms with Crippen molar-refractivity contribution < 1.29 is 9.53 Å². The van der Waals surface area contributed by atoms with Gasteiger partial charge in [0.25, 0.3) is 5.91 Å². The average Bonchev–Trinajstić information content (AvgIpc) is 2.46. The van der Waals surface area contributed by atoms with Crippen LogP contribution in [0.3, 0.4) is 0 Å². The second-order valence-electron chi connectivity index (χ2n) is 4.58. The Kier molecular flexibility index (Phi) is 3.21. The summed E-state index contributed by atoms with van der Waals surface area (Å²) in [5.74, 6) is 0.000115. The molecule has 0 spiro atoms. The standard InChI is InChI=1S/C14H13BN2O2/c15-12-1-2-13-10(8-12)7-11(9-16-13)14(18)17-3-5-19-6-4-17/h1-2,7-9H,3-6H2. The van der Waals surface area contributed by atoms with Gasteiger partial charge < -0.3 is 9.64 Å². The molecule has 1 amide bonds. The largest absolute Gasteiger partial charge is 0.378 e. The molecule has 3 rings (SSSR count). The lowest BCUT2D eigenvalue weighted by molar-refractivity contribution is 0.0303. The van der Waals surface area contributed by atoms with E-state index in [0.717, 1.165) is 10.9 Å². The summed E-state index contributed by atoms with van der Waals surface area (Å²) < 4.78 is 5.25. The van der Waals surface area contributed by atoms with Gasteiger partial charge in [-0.15, -0.1) is 0 Å². The van der Waals surface area contributed by atoms with Crippen LogP contribution in [0.4, 0.5) is 0 Å². The molecule has 2 radical (unpaired) electrons. The summed E-state index contributed by atoms with van der Waals surface area (Å²) in [5, 5.41) is 0.888. The van der Waals surface area contributed by atoms with Crippen molar-refractivity contribution in [3.8, 4) is 0 Å². The van der Waals surface area contributed by atoms with E-state index < -0.39 is 0 Å². The molecule has 2 heterocycles. The molecule has 94 valence electrons. The number of aromatic nitrogens is 1. The van der Waals surface area contributed by atoms with Crippen LogP contribution in [0.5, 0.6) is 0 Å². The predicted molar refractivity (Wildman–Crippen MR) is 73.9 cm³/mol. The van der Waals surface area contributed by atoms with Crippen LogP contribution in [0.25, 0.3) is 10.9 Å². The molecule has 0 bridgehead atoms. The lowest BCUT2D eigenvalue weighted by atomic mass is 9.94. The first-order valence-electron chi connectivity index (χ1n) is 6.26. The summed E-state index contributed by atoms with van der Waals surface area (Å²) in [5.41, 5.74) is 2.11. The van der Waals surface area contributed by atoms with Crippen molar-refractivity contribution in [2.24, 2.45) is 0 Å². The molecule has 1 saturated heterocycles. The third-order valence-electron chi connectivity index (χ3n) is 3.25. The van der Waals surface area contributed by atoms with Crippen LogP contribution in [0.15, 0.2) is 30.5 Å². The lowest BCUT2D eigenvalue weighted by Crippen LogP contribution is -2.40. The fourth-order valence-electron chi connectivity index (χ4n) is 2.22. The normalized spacial score (nSPS) is 15.7. The summed E-state index contributed by atoms with van der Waals surface area (Å²) in [6.07, 6.45) is 1.62. The van der Waals surface area contributed by atoms with E-state index in [1.54, 1.807) is 17.2 Å². The maximum atomic E-state index is 12.3. The maximum absolute atomic E-state index is 12.3. The first-order chi connectivity index (χ1) is 9.24. The number of nitrogens with zero attached hydrogens (tertiary/aromatic N) is 2. The monoisotopic (exact) mass is 252 g/mol. The van der Waals surface area contributed by atoms with E-state index >= 15 is 0 Å². The number of amides is 1. The quantitative estimate of drug-likeness (QED) is 0.694. The van der Waals surface area contributed by atoms with Gasteiger partial charge in [-0.1, -0.05) is 17.6 Å². The molecule has 0 unspecified atom stereocenters. The van der Waals surface area contributed by atoms with Gasteiger partial charge in [0.05, 0.1) is 24.3 Å². The number of carbonyl (C=O) groups is 1. The van der Waals surface area contributed by atoms with Crippen molar-refractivity contribution in [2.45, 2.75) is 0 Å². The minimum Gasteiger partial charge on any atom is -0.378 e. The first kappa shape index (κ1) is 12.2. The molecule has 0 aliphatic carbocycles. The molecule has 4 nitrogen and oxygen atoms in total. The SMILES string of the molecule is [B]c1ccc2ncc(C(=O)N3CCOCC3)cc2c1. The Morgan fingerprint density at radius 3 is 2.84 bits per heavy atom. The fraction of sp³-hybridized carbons (Fsp3) is 0.286. The molecule has 0 saturated carbocycles. The number of ether oxygens (including phenoxy) is 1. The summed E-state index contributed by atoms with van der Waals surface area (Å²) >= 11 is 0. The Morgan fingerprint density at radius 2 is 2.05 bits per heavy atom. The third-order valence-corrected chi connectivity index (χ3v) is 3.25. The highest BCUT2D eigenvalue weighted by Gasteiger charge is 2.18. The fourth-order valence-corrected chi connectivity index (χ4v) is 2.22. The molecular formula is C14H13BN2O2. The van der Waals surface area contributed by atoms with E-state index in [2.05, 4.69) is 4.98 Å². The Labute approximate surface area is 112 Å². The molecule has 19 heavy (non-hydrogen) atoms. The summed E-state index contributed by atoms with van der Waals surface area (Å²) in [4.78, 5) is 18.4. The van der Waals surface area contributed by atoms with Crippen molar-refractivity contribution in [2.75, 3.05) is 26.3 Å². The van der Waals surface area contributed by atoms with Crippen LogP contribution in [-0.2, 0) is 4.74 Å². The van der Waals surface area contributed by atoms with Crippen molar-refractivity contribution >= 4 is 30.1 Å². The Balaban J connectivity index is 1.93. The highest BCUT2D eigenvalue weighted by molar-refractivity contribution is 6.33. The number of hydrogen-bond donors (Lipinski definition) is 0. The molecule has 1 aromatic heterocycles. The zero-order chi connectivity index (χ0) is 13.2. The highest BCUT2D eigenvalue weighted by Crippen LogP contribution is 2.14. The minimum absolute atomic E-state index is 0.000115. The number of hydrogen-bond acceptors (Lipinski definition) is 3. The van der Waals surface area contributed by atoms with Gasteiger partial charge in [0.2, 0.25) is 0 Å². The van der Waals surface area contributed by atoms with Crippen LogP contribution in [-0.4, -0.2) is 49.9 Å². The van der Waals surface area contributed by atoms with Crippen molar-refractivity contribution in [1.82, 2.24) is 9.88 Å². The van der Waals surface area contributed by atoms with Gasteiger partial charge in [0.15, 0.2) is 0 Å². The van der Waals surface area contributed by atoms with Crippen LogP contribution >= 0.6 is 0 Å². The van der Waals surface area contributed by atoms with Crippen molar-refractivity contribution in [3.63, 3.8) is 0 Å². The zero-order valence-corrected chi connectivity index (χ0v) is 10.5. The first-order valence-corrected chi connectivity index (χ1v) is 6.26. The number of rotatable bonds is 1. The molecule has 1 fully saturated rings. The summed E-state index contributed by atoms with van der Waals surface area (Å²) in [6.45, 7) is 2.46. The average molecular weight is 252 g/mol. The number of benzene rings is 1. The molecule has 1 aliphatic heterocycles. The molecule has 0 N–H and O–H groups in total. The zero-order valence-electron chi connectivity index (χ0n) is 10.5. The Bertz CT molecular complexity index is 624. The third kappa shape index (κ3) is 2.47. The second-order valence-corrected chi connectivity index (χ2v) is 4.58. The van der Waals surface area contributed by atoms with Gasteiger partial charge in [-0.25, -0.2) is 0 Å². The van der Waals surface area contributed by atoms with E-state index in [0.29, 0.717) is 37.3 Å². The van der Waals surface area contributed by atoms with Crippen molar-refractivity contribution in [3.05, 3.63) is 36.0 Å². The minimum atomic E-state index is 0.000115. The van der Waals surface area contributed by atoms with E-state index in [9.17, 15) is 4.79 Å². The van der Waals surface area contributed by atoms with Crippen LogP contribution in [0.2, 0.25) is 0 Å². The van der Waals surface area contributed by atoms with Crippen molar-refractivity contribution in [1.29, 1.82) is 0 Å². The van der Waals surface area contributed by atoms with Gasteiger partial charge in [0, 0.05) is 24.7 Å². The molecule has 2 aromatic rings. The van der Waals surface area contributed by atoms with Gasteiger partial charge >= 0.3 is 0 Å². The smallest absolute Gasteiger partial charge is 0.255 e. The summed E-state index contributed by atoms with van der Waals surface area (Å²) in [7, 11) is 5.75. The maximum Gasteiger partial charge on any atom is 0.255 e. The number of fused-ring (bicyclic) bond motifs is 1. The van der Waals surface area contributed by atoms with E-state index in [-0.39, 0.29) is 5.91 Å². The highest BCUT2D eigenvalue weighted by atomic mass is 16.5. The Morgan fingerprint density at radius 1 is 1.26 bits per heavy atom. The van der Waals surface area contributed by atoms with E-state index in [1.807, 2.05) is 18.2 Å². The van der Waals surface area contributed by atoms with E-state index in [1.165, 1.54) is 0 Å². The topological polar surface area (TPSA) is 42.4 Å². The van der Waals surface area contributed by atoms with E-state index in [4.69, 9.17) is 12.6 Å².